The van der Waals surface area contributed by atoms with Crippen molar-refractivity contribution in [3.05, 3.63) is 64.0 Å². The van der Waals surface area contributed by atoms with Gasteiger partial charge in [-0.2, -0.15) is 0 Å². The molecule has 0 spiro atoms. The highest BCUT2D eigenvalue weighted by Crippen LogP contribution is 2.26. The van der Waals surface area contributed by atoms with Crippen molar-refractivity contribution in [1.29, 1.82) is 0 Å². The predicted octanol–water partition coefficient (Wildman–Crippen LogP) is 4.00. The third-order valence-corrected chi connectivity index (χ3v) is 3.78. The van der Waals surface area contributed by atoms with E-state index in [1.165, 1.54) is 29.9 Å². The summed E-state index contributed by atoms with van der Waals surface area (Å²) in [6, 6.07) is 9.14. The molecule has 0 aliphatic carbocycles. The van der Waals surface area contributed by atoms with Gasteiger partial charge in [-0.1, -0.05) is 23.8 Å². The molecule has 0 radical (unpaired) electrons. The number of rotatable bonds is 4. The molecular formula is C18H22FNO. The highest BCUT2D eigenvalue weighted by atomic mass is 19.1. The fraction of sp³-hybridized carbons (Fsp3) is 0.333. The molecule has 0 aromatic heterocycles. The van der Waals surface area contributed by atoms with E-state index >= 15 is 0 Å². The van der Waals surface area contributed by atoms with Crippen LogP contribution in [-0.2, 0) is 6.42 Å². The molecule has 112 valence electrons. The number of hydrogen-bond donors (Lipinski definition) is 1. The molecule has 2 aromatic rings. The standard InChI is InChI=1S/C18H22FNO/c1-11-7-12(2)18(13(3)8-11)16(20)10-14-5-6-17(21-4)15(19)9-14/h5-9,16H,10,20H2,1-4H3. The second kappa shape index (κ2) is 6.27. The average Bonchev–Trinajstić information content (AvgIpc) is 2.37. The Bertz CT molecular complexity index is 629. The Kier molecular flexibility index (Phi) is 4.63. The second-order valence-electron chi connectivity index (χ2n) is 5.59. The molecule has 1 unspecified atom stereocenters. The SMILES string of the molecule is COc1ccc(CC(N)c2c(C)cc(C)cc2C)cc1F. The van der Waals surface area contributed by atoms with Gasteiger partial charge in [0.15, 0.2) is 11.6 Å². The predicted molar refractivity (Wildman–Crippen MR) is 84.2 cm³/mol. The number of hydrogen-bond acceptors (Lipinski definition) is 2. The lowest BCUT2D eigenvalue weighted by molar-refractivity contribution is 0.386. The van der Waals surface area contributed by atoms with Crippen LogP contribution in [0.1, 0.15) is 33.9 Å². The van der Waals surface area contributed by atoms with Crippen molar-refractivity contribution < 1.29 is 9.13 Å². The maximum atomic E-state index is 13.7. The Hall–Kier alpha value is -1.87. The van der Waals surface area contributed by atoms with Gasteiger partial charge in [0.05, 0.1) is 7.11 Å². The van der Waals surface area contributed by atoms with E-state index in [2.05, 4.69) is 32.9 Å². The van der Waals surface area contributed by atoms with E-state index in [0.29, 0.717) is 6.42 Å². The molecule has 0 bridgehead atoms. The van der Waals surface area contributed by atoms with Crippen LogP contribution in [0.5, 0.6) is 5.75 Å². The van der Waals surface area contributed by atoms with Crippen molar-refractivity contribution in [3.8, 4) is 5.75 Å². The lowest BCUT2D eigenvalue weighted by Crippen LogP contribution is -2.16. The minimum atomic E-state index is -0.348. The Morgan fingerprint density at radius 2 is 1.71 bits per heavy atom. The van der Waals surface area contributed by atoms with E-state index in [0.717, 1.165) is 11.1 Å². The molecule has 3 heteroatoms. The molecule has 2 nitrogen and oxygen atoms in total. The molecule has 0 fully saturated rings. The van der Waals surface area contributed by atoms with Gasteiger partial charge in [-0.3, -0.25) is 0 Å². The first-order valence-electron chi connectivity index (χ1n) is 7.08. The van der Waals surface area contributed by atoms with Crippen molar-refractivity contribution >= 4 is 0 Å². The van der Waals surface area contributed by atoms with E-state index in [-0.39, 0.29) is 17.6 Å². The molecule has 0 saturated heterocycles. The van der Waals surface area contributed by atoms with Gasteiger partial charge in [-0.05, 0) is 61.6 Å². The largest absolute Gasteiger partial charge is 0.494 e. The van der Waals surface area contributed by atoms with Crippen LogP contribution >= 0.6 is 0 Å². The summed E-state index contributed by atoms with van der Waals surface area (Å²) in [6.07, 6.45) is 0.603. The second-order valence-corrected chi connectivity index (χ2v) is 5.59. The fourth-order valence-electron chi connectivity index (χ4n) is 2.97. The van der Waals surface area contributed by atoms with Crippen LogP contribution < -0.4 is 10.5 Å². The Morgan fingerprint density at radius 1 is 1.10 bits per heavy atom. The molecule has 2 N–H and O–H groups in total. The van der Waals surface area contributed by atoms with E-state index in [1.807, 2.05) is 6.07 Å². The van der Waals surface area contributed by atoms with Gasteiger partial charge in [0, 0.05) is 6.04 Å². The number of benzene rings is 2. The number of halogens is 1. The minimum Gasteiger partial charge on any atom is -0.494 e. The van der Waals surface area contributed by atoms with Crippen LogP contribution in [0.3, 0.4) is 0 Å². The summed E-state index contributed by atoms with van der Waals surface area (Å²) in [6.45, 7) is 6.22. The zero-order chi connectivity index (χ0) is 15.6. The zero-order valence-corrected chi connectivity index (χ0v) is 13.0. The quantitative estimate of drug-likeness (QED) is 0.922. The Balaban J connectivity index is 2.26. The molecule has 1 atom stereocenters. The number of aryl methyl sites for hydroxylation is 3. The van der Waals surface area contributed by atoms with Crippen molar-refractivity contribution in [2.45, 2.75) is 33.2 Å². The van der Waals surface area contributed by atoms with Gasteiger partial charge in [0.2, 0.25) is 0 Å². The Morgan fingerprint density at radius 3 is 2.24 bits per heavy atom. The third kappa shape index (κ3) is 3.42. The van der Waals surface area contributed by atoms with Gasteiger partial charge < -0.3 is 10.5 Å². The van der Waals surface area contributed by atoms with Crippen molar-refractivity contribution in [2.24, 2.45) is 5.73 Å². The van der Waals surface area contributed by atoms with Crippen molar-refractivity contribution in [1.82, 2.24) is 0 Å². The van der Waals surface area contributed by atoms with E-state index < -0.39 is 0 Å². The molecule has 0 amide bonds. The molecule has 0 saturated carbocycles. The normalized spacial score (nSPS) is 12.3. The van der Waals surface area contributed by atoms with Gasteiger partial charge in [0.1, 0.15) is 0 Å². The summed E-state index contributed by atoms with van der Waals surface area (Å²) in [4.78, 5) is 0. The maximum absolute atomic E-state index is 13.7. The van der Waals surface area contributed by atoms with Gasteiger partial charge in [-0.25, -0.2) is 4.39 Å². The molecule has 0 aliphatic heterocycles. The van der Waals surface area contributed by atoms with Crippen LogP contribution in [0.4, 0.5) is 4.39 Å². The monoisotopic (exact) mass is 287 g/mol. The third-order valence-electron chi connectivity index (χ3n) is 3.78. The number of ether oxygens (including phenoxy) is 1. The highest BCUT2D eigenvalue weighted by molar-refractivity contribution is 5.40. The molecule has 2 rings (SSSR count). The first-order valence-corrected chi connectivity index (χ1v) is 7.08. The van der Waals surface area contributed by atoms with Crippen LogP contribution in [0, 0.1) is 26.6 Å². The summed E-state index contributed by atoms with van der Waals surface area (Å²) in [5, 5.41) is 0. The number of methoxy groups -OCH3 is 1. The van der Waals surface area contributed by atoms with E-state index in [9.17, 15) is 4.39 Å². The smallest absolute Gasteiger partial charge is 0.165 e. The summed E-state index contributed by atoms with van der Waals surface area (Å²) in [5.41, 5.74) is 12.0. The van der Waals surface area contributed by atoms with Crippen LogP contribution in [-0.4, -0.2) is 7.11 Å². The summed E-state index contributed by atoms with van der Waals surface area (Å²) < 4.78 is 18.7. The summed E-state index contributed by atoms with van der Waals surface area (Å²) in [7, 11) is 1.46. The fourth-order valence-corrected chi connectivity index (χ4v) is 2.97. The lowest BCUT2D eigenvalue weighted by atomic mass is 9.91. The van der Waals surface area contributed by atoms with Crippen LogP contribution in [0.2, 0.25) is 0 Å². The minimum absolute atomic E-state index is 0.140. The number of nitrogens with two attached hydrogens (primary N) is 1. The van der Waals surface area contributed by atoms with E-state index in [4.69, 9.17) is 10.5 Å². The zero-order valence-electron chi connectivity index (χ0n) is 13.0. The molecule has 0 heterocycles. The molecule has 21 heavy (non-hydrogen) atoms. The first kappa shape index (κ1) is 15.5. The van der Waals surface area contributed by atoms with Crippen LogP contribution in [0.15, 0.2) is 30.3 Å². The average molecular weight is 287 g/mol. The topological polar surface area (TPSA) is 35.2 Å². The maximum Gasteiger partial charge on any atom is 0.165 e. The first-order chi connectivity index (χ1) is 9.92. The molecule has 2 aromatic carbocycles. The molecule has 0 aliphatic rings. The Labute approximate surface area is 125 Å². The van der Waals surface area contributed by atoms with E-state index in [1.54, 1.807) is 6.07 Å². The van der Waals surface area contributed by atoms with Crippen molar-refractivity contribution in [2.75, 3.05) is 7.11 Å². The van der Waals surface area contributed by atoms with Gasteiger partial charge in [-0.15, -0.1) is 0 Å². The molecular weight excluding hydrogens is 265 g/mol. The van der Waals surface area contributed by atoms with Gasteiger partial charge in [0.25, 0.3) is 0 Å². The van der Waals surface area contributed by atoms with Crippen LogP contribution in [0.25, 0.3) is 0 Å². The lowest BCUT2D eigenvalue weighted by Gasteiger charge is -2.19. The summed E-state index contributed by atoms with van der Waals surface area (Å²) >= 11 is 0. The van der Waals surface area contributed by atoms with Gasteiger partial charge >= 0.3 is 0 Å². The van der Waals surface area contributed by atoms with Crippen molar-refractivity contribution in [3.63, 3.8) is 0 Å². The summed E-state index contributed by atoms with van der Waals surface area (Å²) in [5.74, 6) is -0.0884. The highest BCUT2D eigenvalue weighted by Gasteiger charge is 2.14.